The Kier molecular flexibility index (Phi) is 4.78. The number of nitrogens with one attached hydrogen (secondary N) is 1. The van der Waals surface area contributed by atoms with Gasteiger partial charge in [-0.1, -0.05) is 42.5 Å². The van der Waals surface area contributed by atoms with Crippen LogP contribution in [0.3, 0.4) is 0 Å². The monoisotopic (exact) mass is 387 g/mol. The molecule has 4 rings (SSSR count). The van der Waals surface area contributed by atoms with E-state index >= 15 is 0 Å². The minimum absolute atomic E-state index is 0.308. The van der Waals surface area contributed by atoms with Crippen molar-refractivity contribution in [3.63, 3.8) is 0 Å². The van der Waals surface area contributed by atoms with E-state index in [0.717, 1.165) is 15.7 Å². The van der Waals surface area contributed by atoms with Crippen molar-refractivity contribution in [1.29, 1.82) is 0 Å². The lowest BCUT2D eigenvalue weighted by Gasteiger charge is -2.28. The van der Waals surface area contributed by atoms with Gasteiger partial charge in [0, 0.05) is 17.7 Å². The van der Waals surface area contributed by atoms with Crippen molar-refractivity contribution in [2.45, 2.75) is 0 Å². The van der Waals surface area contributed by atoms with Crippen molar-refractivity contribution in [3.8, 4) is 5.75 Å². The average Bonchev–Trinajstić information content (AvgIpc) is 2.73. The molecule has 0 aromatic heterocycles. The van der Waals surface area contributed by atoms with Crippen LogP contribution in [0.5, 0.6) is 5.75 Å². The molecule has 0 unspecified atom stereocenters. The second-order valence-electron chi connectivity index (χ2n) is 6.42. The van der Waals surface area contributed by atoms with Crippen LogP contribution in [0.25, 0.3) is 10.8 Å². The number of carbonyl (C=O) groups is 3. The number of benzene rings is 3. The Morgan fingerprint density at radius 1 is 1.00 bits per heavy atom. The molecular weight excluding hydrogens is 370 g/mol. The summed E-state index contributed by atoms with van der Waals surface area (Å²) in [6, 6.07) is 19.0. The SMILES string of the molecule is COc1cccc(N2C(=O)NC(=O)[C@@H](C=Nc3cccc4ccccc34)C2=O)c1. The lowest BCUT2D eigenvalue weighted by atomic mass is 10.1. The van der Waals surface area contributed by atoms with Crippen molar-refractivity contribution in [3.05, 3.63) is 66.7 Å². The molecule has 3 aromatic rings. The molecule has 29 heavy (non-hydrogen) atoms. The first-order valence-electron chi connectivity index (χ1n) is 8.93. The van der Waals surface area contributed by atoms with Gasteiger partial charge in [-0.2, -0.15) is 0 Å². The number of ether oxygens (including phenoxy) is 1. The first-order valence-corrected chi connectivity index (χ1v) is 8.93. The van der Waals surface area contributed by atoms with Crippen molar-refractivity contribution in [1.82, 2.24) is 5.32 Å². The molecule has 0 spiro atoms. The smallest absolute Gasteiger partial charge is 0.335 e. The molecule has 7 heteroatoms. The van der Waals surface area contributed by atoms with Gasteiger partial charge >= 0.3 is 6.03 Å². The van der Waals surface area contributed by atoms with Crippen LogP contribution in [0.1, 0.15) is 0 Å². The molecule has 0 saturated carbocycles. The molecule has 1 fully saturated rings. The van der Waals surface area contributed by atoms with Gasteiger partial charge in [0.25, 0.3) is 5.91 Å². The number of barbiturate groups is 1. The quantitative estimate of drug-likeness (QED) is 0.549. The zero-order chi connectivity index (χ0) is 20.4. The molecule has 1 atom stereocenters. The van der Waals surface area contributed by atoms with E-state index in [-0.39, 0.29) is 0 Å². The van der Waals surface area contributed by atoms with E-state index in [4.69, 9.17) is 4.74 Å². The number of amides is 4. The lowest BCUT2D eigenvalue weighted by Crippen LogP contribution is -2.58. The minimum Gasteiger partial charge on any atom is -0.497 e. The number of imide groups is 2. The van der Waals surface area contributed by atoms with E-state index in [9.17, 15) is 14.4 Å². The fourth-order valence-corrected chi connectivity index (χ4v) is 3.19. The number of urea groups is 1. The van der Waals surface area contributed by atoms with Gasteiger partial charge in [0.2, 0.25) is 5.91 Å². The molecule has 7 nitrogen and oxygen atoms in total. The van der Waals surface area contributed by atoms with E-state index in [2.05, 4.69) is 10.3 Å². The van der Waals surface area contributed by atoms with Crippen molar-refractivity contribution < 1.29 is 19.1 Å². The van der Waals surface area contributed by atoms with Crippen LogP contribution in [0, 0.1) is 5.92 Å². The van der Waals surface area contributed by atoms with Gasteiger partial charge in [0.05, 0.1) is 18.5 Å². The number of hydrogen-bond acceptors (Lipinski definition) is 5. The van der Waals surface area contributed by atoms with Crippen LogP contribution in [0.4, 0.5) is 16.2 Å². The first kappa shape index (κ1) is 18.4. The number of methoxy groups -OCH3 is 1. The summed E-state index contributed by atoms with van der Waals surface area (Å²) in [5.74, 6) is -2.11. The van der Waals surface area contributed by atoms with Gasteiger partial charge in [-0.15, -0.1) is 0 Å². The number of rotatable bonds is 4. The molecule has 144 valence electrons. The molecule has 1 N–H and O–H groups in total. The Morgan fingerprint density at radius 2 is 1.76 bits per heavy atom. The lowest BCUT2D eigenvalue weighted by molar-refractivity contribution is -0.131. The van der Waals surface area contributed by atoms with Gasteiger partial charge in [0.1, 0.15) is 5.75 Å². The highest BCUT2D eigenvalue weighted by molar-refractivity contribution is 6.32. The summed E-state index contributed by atoms with van der Waals surface area (Å²) < 4.78 is 5.15. The molecule has 4 amide bonds. The van der Waals surface area contributed by atoms with Gasteiger partial charge in [-0.25, -0.2) is 9.69 Å². The molecule has 0 aliphatic carbocycles. The van der Waals surface area contributed by atoms with Crippen LogP contribution < -0.4 is 15.0 Å². The highest BCUT2D eigenvalue weighted by atomic mass is 16.5. The predicted octanol–water partition coefficient (Wildman–Crippen LogP) is 3.45. The normalized spacial score (nSPS) is 17.1. The number of nitrogens with zero attached hydrogens (tertiary/aromatic N) is 2. The molecular formula is C22H17N3O4. The molecule has 3 aromatic carbocycles. The Balaban J connectivity index is 1.67. The number of carbonyl (C=O) groups excluding carboxylic acids is 3. The fourth-order valence-electron chi connectivity index (χ4n) is 3.19. The summed E-state index contributed by atoms with van der Waals surface area (Å²) in [6.45, 7) is 0. The third kappa shape index (κ3) is 3.45. The van der Waals surface area contributed by atoms with Gasteiger partial charge in [-0.05, 0) is 23.6 Å². The van der Waals surface area contributed by atoms with Gasteiger partial charge in [0.15, 0.2) is 5.92 Å². The first-order chi connectivity index (χ1) is 14.1. The average molecular weight is 387 g/mol. The molecule has 1 aliphatic rings. The Bertz CT molecular complexity index is 1150. The number of anilines is 1. The minimum atomic E-state index is -1.22. The maximum Gasteiger partial charge on any atom is 0.335 e. The van der Waals surface area contributed by atoms with Gasteiger partial charge < -0.3 is 4.74 Å². The van der Waals surface area contributed by atoms with E-state index in [1.165, 1.54) is 13.3 Å². The summed E-state index contributed by atoms with van der Waals surface area (Å²) in [4.78, 5) is 42.8. The van der Waals surface area contributed by atoms with E-state index in [1.807, 2.05) is 36.4 Å². The van der Waals surface area contributed by atoms with Crippen LogP contribution in [0.2, 0.25) is 0 Å². The van der Waals surface area contributed by atoms with Crippen molar-refractivity contribution in [2.24, 2.45) is 10.9 Å². The number of hydrogen-bond donors (Lipinski definition) is 1. The van der Waals surface area contributed by atoms with Crippen LogP contribution in [0.15, 0.2) is 71.7 Å². The Morgan fingerprint density at radius 3 is 2.59 bits per heavy atom. The van der Waals surface area contributed by atoms with Crippen molar-refractivity contribution in [2.75, 3.05) is 12.0 Å². The summed E-state index contributed by atoms with van der Waals surface area (Å²) in [7, 11) is 1.49. The second kappa shape index (κ2) is 7.55. The zero-order valence-corrected chi connectivity index (χ0v) is 15.5. The third-order valence-corrected chi connectivity index (χ3v) is 4.64. The number of aliphatic imine (C=N–C) groups is 1. The molecule has 1 saturated heterocycles. The Hall–Kier alpha value is -4.00. The second-order valence-corrected chi connectivity index (χ2v) is 6.42. The predicted molar refractivity (Wildman–Crippen MR) is 110 cm³/mol. The standard InChI is InChI=1S/C22H17N3O4/c1-29-16-9-5-8-15(12-16)25-21(27)18(20(26)24-22(25)28)13-23-19-11-4-7-14-6-2-3-10-17(14)19/h2-13,18H,1H3,(H,24,26,28)/t18-/m1/s1. The van der Waals surface area contributed by atoms with Crippen molar-refractivity contribution >= 4 is 46.2 Å². The van der Waals surface area contributed by atoms with E-state index in [0.29, 0.717) is 17.1 Å². The fraction of sp³-hybridized carbons (Fsp3) is 0.0909. The molecule has 0 bridgehead atoms. The van der Waals surface area contributed by atoms with E-state index in [1.54, 1.807) is 30.3 Å². The molecule has 0 radical (unpaired) electrons. The number of fused-ring (bicyclic) bond motifs is 1. The third-order valence-electron chi connectivity index (χ3n) is 4.64. The zero-order valence-electron chi connectivity index (χ0n) is 15.5. The summed E-state index contributed by atoms with van der Waals surface area (Å²) in [5.41, 5.74) is 0.941. The summed E-state index contributed by atoms with van der Waals surface area (Å²) in [5, 5.41) is 4.11. The van der Waals surface area contributed by atoms with Crippen LogP contribution in [-0.4, -0.2) is 31.2 Å². The van der Waals surface area contributed by atoms with Crippen LogP contribution in [-0.2, 0) is 9.59 Å². The Labute approximate surface area is 166 Å². The molecule has 1 aliphatic heterocycles. The highest BCUT2D eigenvalue weighted by Crippen LogP contribution is 2.27. The van der Waals surface area contributed by atoms with Gasteiger partial charge in [-0.3, -0.25) is 19.9 Å². The largest absolute Gasteiger partial charge is 0.497 e. The van der Waals surface area contributed by atoms with Crippen LogP contribution >= 0.6 is 0 Å². The molecule has 1 heterocycles. The maximum atomic E-state index is 12.9. The van der Waals surface area contributed by atoms with E-state index < -0.39 is 23.8 Å². The maximum absolute atomic E-state index is 12.9. The summed E-state index contributed by atoms with van der Waals surface area (Å²) in [6.07, 6.45) is 1.28. The summed E-state index contributed by atoms with van der Waals surface area (Å²) >= 11 is 0. The highest BCUT2D eigenvalue weighted by Gasteiger charge is 2.40. The topological polar surface area (TPSA) is 88.1 Å².